The van der Waals surface area contributed by atoms with E-state index in [9.17, 15) is 13.2 Å². The number of sulfonamides is 1. The molecule has 1 amide bonds. The summed E-state index contributed by atoms with van der Waals surface area (Å²) in [4.78, 5) is 12.3. The van der Waals surface area contributed by atoms with E-state index >= 15 is 0 Å². The van der Waals surface area contributed by atoms with Gasteiger partial charge in [-0.05, 0) is 62.4 Å². The molecule has 2 aromatic rings. The Balaban J connectivity index is 2.07. The van der Waals surface area contributed by atoms with Gasteiger partial charge in [0.2, 0.25) is 10.0 Å². The Morgan fingerprint density at radius 3 is 2.16 bits per heavy atom. The first kappa shape index (κ1) is 18.8. The summed E-state index contributed by atoms with van der Waals surface area (Å²) in [5.74, 6) is 0.491. The Hall–Kier alpha value is -2.54. The molecule has 0 saturated heterocycles. The van der Waals surface area contributed by atoms with Gasteiger partial charge in [-0.15, -0.1) is 0 Å². The molecule has 7 heteroatoms. The maximum absolute atomic E-state index is 12.3. The zero-order valence-corrected chi connectivity index (χ0v) is 15.3. The number of anilines is 2. The van der Waals surface area contributed by atoms with Crippen LogP contribution in [0.2, 0.25) is 0 Å². The SMILES string of the molecule is CCOc1ccc(NC(=O)c2ccc(N(C)S(=O)(=O)CC)cc2)cc1. The number of ether oxygens (including phenoxy) is 1. The smallest absolute Gasteiger partial charge is 0.255 e. The summed E-state index contributed by atoms with van der Waals surface area (Å²) in [5.41, 5.74) is 1.61. The fourth-order valence-corrected chi connectivity index (χ4v) is 3.01. The molecule has 0 aliphatic rings. The molecule has 0 unspecified atom stereocenters. The van der Waals surface area contributed by atoms with E-state index < -0.39 is 10.0 Å². The van der Waals surface area contributed by atoms with Gasteiger partial charge in [0.15, 0.2) is 0 Å². The number of carbonyl (C=O) groups is 1. The molecule has 0 fully saturated rings. The quantitative estimate of drug-likeness (QED) is 0.821. The second-order valence-corrected chi connectivity index (χ2v) is 7.62. The zero-order valence-electron chi connectivity index (χ0n) is 14.5. The van der Waals surface area contributed by atoms with Crippen LogP contribution >= 0.6 is 0 Å². The van der Waals surface area contributed by atoms with E-state index in [2.05, 4.69) is 5.32 Å². The standard InChI is InChI=1S/C18H22N2O4S/c1-4-24-17-12-8-15(9-13-17)19-18(21)14-6-10-16(11-7-14)20(3)25(22,23)5-2/h6-13H,4-5H2,1-3H3,(H,19,21). The Bertz CT molecular complexity index is 815. The van der Waals surface area contributed by atoms with E-state index in [1.54, 1.807) is 55.5 Å². The van der Waals surface area contributed by atoms with Crippen molar-refractivity contribution in [3.63, 3.8) is 0 Å². The molecule has 0 saturated carbocycles. The van der Waals surface area contributed by atoms with Crippen LogP contribution in [-0.2, 0) is 10.0 Å². The third-order valence-corrected chi connectivity index (χ3v) is 5.47. The zero-order chi connectivity index (χ0) is 18.4. The predicted molar refractivity (Wildman–Crippen MR) is 99.9 cm³/mol. The van der Waals surface area contributed by atoms with Crippen molar-refractivity contribution in [2.24, 2.45) is 0 Å². The van der Waals surface area contributed by atoms with Crippen LogP contribution < -0.4 is 14.4 Å². The largest absolute Gasteiger partial charge is 0.494 e. The molecule has 2 aromatic carbocycles. The molecule has 0 heterocycles. The lowest BCUT2D eigenvalue weighted by molar-refractivity contribution is 0.102. The van der Waals surface area contributed by atoms with Gasteiger partial charge >= 0.3 is 0 Å². The van der Waals surface area contributed by atoms with Crippen LogP contribution in [0.5, 0.6) is 5.75 Å². The van der Waals surface area contributed by atoms with E-state index in [0.29, 0.717) is 23.5 Å². The summed E-state index contributed by atoms with van der Waals surface area (Å²) in [7, 11) is -1.83. The van der Waals surface area contributed by atoms with Crippen molar-refractivity contribution >= 4 is 27.3 Å². The lowest BCUT2D eigenvalue weighted by Crippen LogP contribution is -2.28. The highest BCUT2D eigenvalue weighted by Crippen LogP contribution is 2.19. The molecule has 6 nitrogen and oxygen atoms in total. The normalized spacial score (nSPS) is 11.0. The molecular weight excluding hydrogens is 340 g/mol. The Morgan fingerprint density at radius 1 is 1.04 bits per heavy atom. The Morgan fingerprint density at radius 2 is 1.64 bits per heavy atom. The molecule has 0 radical (unpaired) electrons. The van der Waals surface area contributed by atoms with Gasteiger partial charge in [-0.1, -0.05) is 0 Å². The Labute approximate surface area is 148 Å². The molecule has 0 aliphatic carbocycles. The van der Waals surface area contributed by atoms with Crippen molar-refractivity contribution < 1.29 is 17.9 Å². The van der Waals surface area contributed by atoms with Gasteiger partial charge in [0.25, 0.3) is 5.91 Å². The average Bonchev–Trinajstić information content (AvgIpc) is 2.63. The lowest BCUT2D eigenvalue weighted by Gasteiger charge is -2.18. The van der Waals surface area contributed by atoms with Crippen LogP contribution in [0.3, 0.4) is 0 Å². The Kier molecular flexibility index (Phi) is 6.03. The number of rotatable bonds is 7. The molecule has 0 aromatic heterocycles. The second-order valence-electron chi connectivity index (χ2n) is 5.33. The molecule has 0 aliphatic heterocycles. The van der Waals surface area contributed by atoms with Crippen molar-refractivity contribution in [2.45, 2.75) is 13.8 Å². The maximum atomic E-state index is 12.3. The number of nitrogens with one attached hydrogen (secondary N) is 1. The third-order valence-electron chi connectivity index (χ3n) is 3.70. The number of amides is 1. The first-order chi connectivity index (χ1) is 11.9. The highest BCUT2D eigenvalue weighted by atomic mass is 32.2. The first-order valence-electron chi connectivity index (χ1n) is 7.98. The highest BCUT2D eigenvalue weighted by Gasteiger charge is 2.16. The molecule has 0 bridgehead atoms. The monoisotopic (exact) mass is 362 g/mol. The first-order valence-corrected chi connectivity index (χ1v) is 9.59. The number of hydrogen-bond donors (Lipinski definition) is 1. The lowest BCUT2D eigenvalue weighted by atomic mass is 10.2. The van der Waals surface area contributed by atoms with E-state index in [-0.39, 0.29) is 11.7 Å². The number of nitrogens with zero attached hydrogens (tertiary/aromatic N) is 1. The minimum absolute atomic E-state index is 0.0173. The van der Waals surface area contributed by atoms with Crippen molar-refractivity contribution in [1.82, 2.24) is 0 Å². The summed E-state index contributed by atoms with van der Waals surface area (Å²) in [5, 5.41) is 2.79. The van der Waals surface area contributed by atoms with Crippen LogP contribution in [0, 0.1) is 0 Å². The van der Waals surface area contributed by atoms with Crippen molar-refractivity contribution in [3.8, 4) is 5.75 Å². The minimum Gasteiger partial charge on any atom is -0.494 e. The maximum Gasteiger partial charge on any atom is 0.255 e. The molecular formula is C18H22N2O4S. The molecule has 2 rings (SSSR count). The predicted octanol–water partition coefficient (Wildman–Crippen LogP) is 3.12. The summed E-state index contributed by atoms with van der Waals surface area (Å²) in [6.45, 7) is 4.08. The summed E-state index contributed by atoms with van der Waals surface area (Å²) < 4.78 is 30.3. The van der Waals surface area contributed by atoms with Crippen molar-refractivity contribution in [1.29, 1.82) is 0 Å². The van der Waals surface area contributed by atoms with Gasteiger partial charge in [0, 0.05) is 18.3 Å². The van der Waals surface area contributed by atoms with Crippen LogP contribution in [-0.4, -0.2) is 33.7 Å². The van der Waals surface area contributed by atoms with Crippen LogP contribution in [0.15, 0.2) is 48.5 Å². The summed E-state index contributed by atoms with van der Waals surface area (Å²) in [6.07, 6.45) is 0. The molecule has 1 N–H and O–H groups in total. The number of benzene rings is 2. The number of carbonyl (C=O) groups excluding carboxylic acids is 1. The van der Waals surface area contributed by atoms with Crippen molar-refractivity contribution in [3.05, 3.63) is 54.1 Å². The highest BCUT2D eigenvalue weighted by molar-refractivity contribution is 7.92. The summed E-state index contributed by atoms with van der Waals surface area (Å²) in [6, 6.07) is 13.5. The van der Waals surface area contributed by atoms with Gasteiger partial charge in [0.1, 0.15) is 5.75 Å². The topological polar surface area (TPSA) is 75.7 Å². The van der Waals surface area contributed by atoms with E-state index in [4.69, 9.17) is 4.74 Å². The van der Waals surface area contributed by atoms with Gasteiger partial charge in [-0.2, -0.15) is 0 Å². The van der Waals surface area contributed by atoms with E-state index in [1.807, 2.05) is 6.92 Å². The van der Waals surface area contributed by atoms with Crippen molar-refractivity contribution in [2.75, 3.05) is 29.0 Å². The van der Waals surface area contributed by atoms with Crippen LogP contribution in [0.1, 0.15) is 24.2 Å². The fraction of sp³-hybridized carbons (Fsp3) is 0.278. The fourth-order valence-electron chi connectivity index (χ4n) is 2.18. The minimum atomic E-state index is -3.32. The third kappa shape index (κ3) is 4.73. The molecule has 25 heavy (non-hydrogen) atoms. The van der Waals surface area contributed by atoms with Gasteiger partial charge in [0.05, 0.1) is 18.0 Å². The van der Waals surface area contributed by atoms with Gasteiger partial charge in [-0.3, -0.25) is 9.10 Å². The van der Waals surface area contributed by atoms with Gasteiger partial charge in [-0.25, -0.2) is 8.42 Å². The van der Waals surface area contributed by atoms with E-state index in [1.165, 1.54) is 11.4 Å². The molecule has 134 valence electrons. The summed E-state index contributed by atoms with van der Waals surface area (Å²) >= 11 is 0. The molecule has 0 atom stereocenters. The van der Waals surface area contributed by atoms with Crippen LogP contribution in [0.25, 0.3) is 0 Å². The number of hydrogen-bond acceptors (Lipinski definition) is 4. The second kappa shape index (κ2) is 8.02. The van der Waals surface area contributed by atoms with Crippen LogP contribution in [0.4, 0.5) is 11.4 Å². The van der Waals surface area contributed by atoms with E-state index in [0.717, 1.165) is 5.75 Å². The van der Waals surface area contributed by atoms with Gasteiger partial charge < -0.3 is 10.1 Å². The average molecular weight is 362 g/mol. The molecule has 0 spiro atoms.